The highest BCUT2D eigenvalue weighted by Gasteiger charge is 2.17. The van der Waals surface area contributed by atoms with Crippen LogP contribution in [0.2, 0.25) is 0 Å². The molecule has 0 fully saturated rings. The zero-order valence-corrected chi connectivity index (χ0v) is 14.8. The molecule has 1 heterocycles. The molecule has 0 aliphatic rings. The number of rotatable bonds is 9. The van der Waals surface area contributed by atoms with Gasteiger partial charge in [-0.05, 0) is 43.4 Å². The maximum absolute atomic E-state index is 10.3. The van der Waals surface area contributed by atoms with Crippen LogP contribution in [-0.4, -0.2) is 51.1 Å². The number of aliphatic hydroxyl groups excluding tert-OH is 2. The van der Waals surface area contributed by atoms with Crippen LogP contribution in [0, 0.1) is 0 Å². The van der Waals surface area contributed by atoms with E-state index in [-0.39, 0.29) is 13.2 Å². The normalized spacial score (nSPS) is 14.3. The van der Waals surface area contributed by atoms with E-state index in [0.29, 0.717) is 18.3 Å². The molecule has 2 rings (SSSR count). The van der Waals surface area contributed by atoms with Gasteiger partial charge in [0.25, 0.3) is 0 Å². The van der Waals surface area contributed by atoms with Crippen molar-refractivity contribution >= 4 is 22.9 Å². The minimum Gasteiger partial charge on any atom is -0.490 e. The van der Waals surface area contributed by atoms with Gasteiger partial charge in [0.1, 0.15) is 18.5 Å². The van der Waals surface area contributed by atoms with Crippen LogP contribution in [0.15, 0.2) is 24.4 Å². The lowest BCUT2D eigenvalue weighted by Crippen LogP contribution is -2.36. The average Bonchev–Trinajstić information content (AvgIpc) is 3.05. The second kappa shape index (κ2) is 8.59. The third kappa shape index (κ3) is 4.64. The number of hydrogen-bond acceptors (Lipinski definition) is 5. The molecule has 0 bridgehead atoms. The Balaban J connectivity index is 2.01. The Bertz CT molecular complexity index is 617. The Hall–Kier alpha value is -1.21. The van der Waals surface area contributed by atoms with E-state index in [1.165, 1.54) is 0 Å². The van der Waals surface area contributed by atoms with E-state index < -0.39 is 6.10 Å². The first-order valence-electron chi connectivity index (χ1n) is 7.91. The summed E-state index contributed by atoms with van der Waals surface area (Å²) in [5, 5.41) is 20.6. The summed E-state index contributed by atoms with van der Waals surface area (Å²) in [5.41, 5.74) is 1.71. The van der Waals surface area contributed by atoms with Crippen molar-refractivity contribution in [3.8, 4) is 5.75 Å². The highest BCUT2D eigenvalue weighted by molar-refractivity contribution is 7.96. The second-order valence-electron chi connectivity index (χ2n) is 5.70. The monoisotopic (exact) mass is 338 g/mol. The molecule has 128 valence electrons. The van der Waals surface area contributed by atoms with Gasteiger partial charge in [0.2, 0.25) is 0 Å². The molecular weight excluding hydrogens is 312 g/mol. The van der Waals surface area contributed by atoms with E-state index >= 15 is 0 Å². The van der Waals surface area contributed by atoms with Crippen LogP contribution in [0.3, 0.4) is 0 Å². The van der Waals surface area contributed by atoms with Gasteiger partial charge >= 0.3 is 0 Å². The van der Waals surface area contributed by atoms with Crippen LogP contribution in [0.5, 0.6) is 5.75 Å². The Kier molecular flexibility index (Phi) is 6.77. The Morgan fingerprint density at radius 1 is 1.39 bits per heavy atom. The minimum absolute atomic E-state index is 0.0395. The lowest BCUT2D eigenvalue weighted by Gasteiger charge is -2.27. The maximum Gasteiger partial charge on any atom is 0.129 e. The summed E-state index contributed by atoms with van der Waals surface area (Å²) in [4.78, 5) is 3.12. The molecule has 6 heteroatoms. The first-order valence-corrected chi connectivity index (χ1v) is 9.09. The van der Waals surface area contributed by atoms with Crippen molar-refractivity contribution in [2.24, 2.45) is 0 Å². The van der Waals surface area contributed by atoms with Crippen LogP contribution >= 0.6 is 11.9 Å². The smallest absolute Gasteiger partial charge is 0.129 e. The average molecular weight is 338 g/mol. The molecule has 2 atom stereocenters. The van der Waals surface area contributed by atoms with E-state index in [1.54, 1.807) is 11.9 Å². The Morgan fingerprint density at radius 2 is 2.17 bits per heavy atom. The molecule has 1 aromatic carbocycles. The van der Waals surface area contributed by atoms with E-state index in [9.17, 15) is 10.2 Å². The number of aliphatic hydroxyl groups is 2. The van der Waals surface area contributed by atoms with Crippen molar-refractivity contribution in [2.45, 2.75) is 39.0 Å². The van der Waals surface area contributed by atoms with E-state index in [1.807, 2.05) is 30.7 Å². The number of aromatic amines is 1. The van der Waals surface area contributed by atoms with Crippen LogP contribution in [0.25, 0.3) is 10.9 Å². The number of fused-ring (bicyclic) bond motifs is 1. The summed E-state index contributed by atoms with van der Waals surface area (Å²) in [7, 11) is 0. The predicted octanol–water partition coefficient (Wildman–Crippen LogP) is 2.78. The number of benzene rings is 1. The molecule has 0 spiro atoms. The van der Waals surface area contributed by atoms with Gasteiger partial charge in [-0.1, -0.05) is 18.9 Å². The van der Waals surface area contributed by atoms with Crippen molar-refractivity contribution in [2.75, 3.05) is 19.4 Å². The molecule has 0 saturated heterocycles. The van der Waals surface area contributed by atoms with E-state index in [4.69, 9.17) is 4.74 Å². The quantitative estimate of drug-likeness (QED) is 0.614. The number of hydrogen-bond donors (Lipinski definition) is 3. The van der Waals surface area contributed by atoms with Crippen molar-refractivity contribution in [3.63, 3.8) is 0 Å². The zero-order valence-electron chi connectivity index (χ0n) is 14.0. The number of nitrogens with zero attached hydrogens (tertiary/aromatic N) is 1. The number of H-pyrrole nitrogens is 1. The minimum atomic E-state index is -0.566. The van der Waals surface area contributed by atoms with Gasteiger partial charge < -0.3 is 19.9 Å². The lowest BCUT2D eigenvalue weighted by molar-refractivity contribution is 0.0858. The van der Waals surface area contributed by atoms with Gasteiger partial charge in [-0.15, -0.1) is 0 Å². The van der Waals surface area contributed by atoms with Gasteiger partial charge in [0, 0.05) is 29.7 Å². The van der Waals surface area contributed by atoms with Crippen molar-refractivity contribution in [1.29, 1.82) is 0 Å². The second-order valence-corrected chi connectivity index (χ2v) is 6.53. The molecule has 5 nitrogen and oxygen atoms in total. The predicted molar refractivity (Wildman–Crippen MR) is 95.7 cm³/mol. The molecule has 2 aromatic rings. The summed E-state index contributed by atoms with van der Waals surface area (Å²) in [5.74, 6) is 0.686. The molecule has 1 aromatic heterocycles. The van der Waals surface area contributed by atoms with E-state index in [0.717, 1.165) is 22.9 Å². The molecule has 0 aliphatic carbocycles. The van der Waals surface area contributed by atoms with Gasteiger partial charge in [-0.25, -0.2) is 4.31 Å². The van der Waals surface area contributed by atoms with Crippen molar-refractivity contribution in [3.05, 3.63) is 30.0 Å². The van der Waals surface area contributed by atoms with Crippen molar-refractivity contribution in [1.82, 2.24) is 9.29 Å². The fourth-order valence-electron chi connectivity index (χ4n) is 2.48. The maximum atomic E-state index is 10.3. The third-order valence-corrected chi connectivity index (χ3v) is 4.99. The van der Waals surface area contributed by atoms with Crippen LogP contribution < -0.4 is 4.74 Å². The van der Waals surface area contributed by atoms with Crippen molar-refractivity contribution < 1.29 is 14.9 Å². The molecule has 3 N–H and O–H groups in total. The standard InChI is InChI=1S/C17H26N2O3S/c1-4-12(2)19(23-3)9-14(21)11-22-17-8-13(10-20)7-16-15(17)5-6-18-16/h5-8,12,14,18,20-21H,4,9-11H2,1-3H3. The van der Waals surface area contributed by atoms with Gasteiger partial charge in [0.05, 0.1) is 6.61 Å². The number of aromatic nitrogens is 1. The highest BCUT2D eigenvalue weighted by Crippen LogP contribution is 2.27. The van der Waals surface area contributed by atoms with E-state index in [2.05, 4.69) is 23.1 Å². The van der Waals surface area contributed by atoms with Crippen LogP contribution in [-0.2, 0) is 6.61 Å². The molecule has 0 aliphatic heterocycles. The summed E-state index contributed by atoms with van der Waals surface area (Å²) in [6.07, 6.45) is 4.33. The number of nitrogens with one attached hydrogen (secondary N) is 1. The van der Waals surface area contributed by atoms with Crippen LogP contribution in [0.4, 0.5) is 0 Å². The number of ether oxygens (including phenoxy) is 1. The molecule has 23 heavy (non-hydrogen) atoms. The topological polar surface area (TPSA) is 68.7 Å². The molecular formula is C17H26N2O3S. The lowest BCUT2D eigenvalue weighted by atomic mass is 10.1. The fraction of sp³-hybridized carbons (Fsp3) is 0.529. The summed E-state index contributed by atoms with van der Waals surface area (Å²) in [6, 6.07) is 6.07. The summed E-state index contributed by atoms with van der Waals surface area (Å²) < 4.78 is 7.99. The first-order chi connectivity index (χ1) is 11.1. The molecule has 0 amide bonds. The molecule has 0 saturated carbocycles. The highest BCUT2D eigenvalue weighted by atomic mass is 32.2. The largest absolute Gasteiger partial charge is 0.490 e. The van der Waals surface area contributed by atoms with Gasteiger partial charge in [-0.3, -0.25) is 0 Å². The molecule has 2 unspecified atom stereocenters. The zero-order chi connectivity index (χ0) is 16.8. The Labute approximate surface area is 141 Å². The third-order valence-electron chi connectivity index (χ3n) is 4.01. The SMILES string of the molecule is CCC(C)N(CC(O)COc1cc(CO)cc2[nH]ccc12)SC. The molecule has 0 radical (unpaired) electrons. The first kappa shape index (κ1) is 18.1. The fourth-order valence-corrected chi connectivity index (χ4v) is 3.32. The van der Waals surface area contributed by atoms with Crippen LogP contribution in [0.1, 0.15) is 25.8 Å². The summed E-state index contributed by atoms with van der Waals surface area (Å²) in [6.45, 7) is 5.04. The van der Waals surface area contributed by atoms with Gasteiger partial charge in [-0.2, -0.15) is 0 Å². The summed E-state index contributed by atoms with van der Waals surface area (Å²) >= 11 is 1.64. The van der Waals surface area contributed by atoms with Gasteiger partial charge in [0.15, 0.2) is 0 Å². The Morgan fingerprint density at radius 3 is 2.83 bits per heavy atom.